The third-order valence-electron chi connectivity index (χ3n) is 3.96. The minimum Gasteiger partial charge on any atom is -0.321 e. The summed E-state index contributed by atoms with van der Waals surface area (Å²) in [7, 11) is 2.17. The molecule has 0 atom stereocenters. The van der Waals surface area contributed by atoms with Crippen LogP contribution in [0.5, 0.6) is 0 Å². The van der Waals surface area contributed by atoms with Gasteiger partial charge in [-0.1, -0.05) is 18.2 Å². The fourth-order valence-electron chi connectivity index (χ4n) is 2.36. The molecule has 16 heavy (non-hydrogen) atoms. The molecule has 0 saturated carbocycles. The minimum absolute atomic E-state index is 0.106. The molecule has 1 aliphatic rings. The molecule has 1 heterocycles. The van der Waals surface area contributed by atoms with Gasteiger partial charge in [0.05, 0.1) is 0 Å². The van der Waals surface area contributed by atoms with Crippen LogP contribution >= 0.6 is 0 Å². The number of likely N-dealkylation sites (tertiary alicyclic amines) is 1. The molecule has 1 saturated heterocycles. The van der Waals surface area contributed by atoms with Crippen molar-refractivity contribution in [1.29, 1.82) is 0 Å². The van der Waals surface area contributed by atoms with Crippen molar-refractivity contribution in [2.45, 2.75) is 32.2 Å². The summed E-state index contributed by atoms with van der Waals surface area (Å²) in [6, 6.07) is 6.66. The molecule has 0 amide bonds. The van der Waals surface area contributed by atoms with Crippen LogP contribution < -0.4 is 5.73 Å². The average molecular weight is 218 g/mol. The minimum atomic E-state index is -0.106. The summed E-state index contributed by atoms with van der Waals surface area (Å²) in [5.74, 6) is 0. The molecule has 1 aromatic carbocycles. The van der Waals surface area contributed by atoms with Crippen LogP contribution in [0.15, 0.2) is 18.2 Å². The van der Waals surface area contributed by atoms with Crippen molar-refractivity contribution in [1.82, 2.24) is 4.90 Å². The molecule has 2 heteroatoms. The highest BCUT2D eigenvalue weighted by Gasteiger charge is 2.31. The lowest BCUT2D eigenvalue weighted by Crippen LogP contribution is -2.46. The zero-order valence-electron chi connectivity index (χ0n) is 10.6. The Morgan fingerprint density at radius 1 is 1.12 bits per heavy atom. The van der Waals surface area contributed by atoms with Crippen LogP contribution in [0.3, 0.4) is 0 Å². The van der Waals surface area contributed by atoms with Crippen molar-refractivity contribution >= 4 is 0 Å². The van der Waals surface area contributed by atoms with Gasteiger partial charge in [0.2, 0.25) is 0 Å². The lowest BCUT2D eigenvalue weighted by Gasteiger charge is -2.38. The second kappa shape index (κ2) is 4.19. The molecule has 1 aromatic rings. The predicted octanol–water partition coefficient (Wildman–Crippen LogP) is 2.18. The number of aryl methyl sites for hydroxylation is 2. The van der Waals surface area contributed by atoms with Gasteiger partial charge in [-0.2, -0.15) is 0 Å². The molecule has 88 valence electrons. The van der Waals surface area contributed by atoms with Crippen molar-refractivity contribution in [2.75, 3.05) is 20.1 Å². The highest BCUT2D eigenvalue weighted by molar-refractivity contribution is 5.34. The van der Waals surface area contributed by atoms with Crippen molar-refractivity contribution in [3.05, 3.63) is 34.9 Å². The molecule has 0 radical (unpaired) electrons. The van der Waals surface area contributed by atoms with Gasteiger partial charge in [0.15, 0.2) is 0 Å². The van der Waals surface area contributed by atoms with Crippen LogP contribution in [0.4, 0.5) is 0 Å². The standard InChI is InChI=1S/C14H22N2/c1-11-4-5-13(10-12(11)2)14(15)6-8-16(3)9-7-14/h4-5,10H,6-9,15H2,1-3H3. The molecule has 2 N–H and O–H groups in total. The Bertz CT molecular complexity index is 376. The first-order valence-corrected chi connectivity index (χ1v) is 6.06. The Labute approximate surface area is 98.4 Å². The van der Waals surface area contributed by atoms with E-state index in [1.165, 1.54) is 16.7 Å². The maximum Gasteiger partial charge on any atom is 0.0434 e. The normalized spacial score (nSPS) is 21.0. The quantitative estimate of drug-likeness (QED) is 0.783. The Hall–Kier alpha value is -0.860. The number of rotatable bonds is 1. The first-order chi connectivity index (χ1) is 7.51. The van der Waals surface area contributed by atoms with E-state index in [0.29, 0.717) is 0 Å². The third-order valence-corrected chi connectivity index (χ3v) is 3.96. The lowest BCUT2D eigenvalue weighted by molar-refractivity contribution is 0.191. The molecule has 1 fully saturated rings. The highest BCUT2D eigenvalue weighted by atomic mass is 15.1. The van der Waals surface area contributed by atoms with Gasteiger partial charge in [-0.3, -0.25) is 0 Å². The van der Waals surface area contributed by atoms with Crippen LogP contribution in [0, 0.1) is 13.8 Å². The average Bonchev–Trinajstić information content (AvgIpc) is 2.26. The predicted molar refractivity (Wildman–Crippen MR) is 68.5 cm³/mol. The van der Waals surface area contributed by atoms with E-state index in [4.69, 9.17) is 5.73 Å². The topological polar surface area (TPSA) is 29.3 Å². The number of nitrogens with two attached hydrogens (primary N) is 1. The van der Waals surface area contributed by atoms with Crippen LogP contribution in [0.2, 0.25) is 0 Å². The van der Waals surface area contributed by atoms with Gasteiger partial charge in [0, 0.05) is 5.54 Å². The van der Waals surface area contributed by atoms with Crippen molar-refractivity contribution in [3.63, 3.8) is 0 Å². The van der Waals surface area contributed by atoms with E-state index in [0.717, 1.165) is 25.9 Å². The fraction of sp³-hybridized carbons (Fsp3) is 0.571. The van der Waals surface area contributed by atoms with E-state index < -0.39 is 0 Å². The number of hydrogen-bond acceptors (Lipinski definition) is 2. The highest BCUT2D eigenvalue weighted by Crippen LogP contribution is 2.30. The van der Waals surface area contributed by atoms with E-state index in [-0.39, 0.29) is 5.54 Å². The summed E-state index contributed by atoms with van der Waals surface area (Å²) >= 11 is 0. The zero-order chi connectivity index (χ0) is 11.8. The monoisotopic (exact) mass is 218 g/mol. The summed E-state index contributed by atoms with van der Waals surface area (Å²) in [5.41, 5.74) is 10.4. The van der Waals surface area contributed by atoms with Crippen molar-refractivity contribution < 1.29 is 0 Å². The van der Waals surface area contributed by atoms with Crippen LogP contribution in [0.25, 0.3) is 0 Å². The van der Waals surface area contributed by atoms with E-state index in [2.05, 4.69) is 44.0 Å². The lowest BCUT2D eigenvalue weighted by atomic mass is 9.81. The largest absolute Gasteiger partial charge is 0.321 e. The van der Waals surface area contributed by atoms with Gasteiger partial charge < -0.3 is 10.6 Å². The third kappa shape index (κ3) is 2.13. The summed E-state index contributed by atoms with van der Waals surface area (Å²) in [6.45, 7) is 6.51. The smallest absolute Gasteiger partial charge is 0.0434 e. The number of benzene rings is 1. The van der Waals surface area contributed by atoms with Crippen molar-refractivity contribution in [2.24, 2.45) is 5.73 Å². The van der Waals surface area contributed by atoms with Gasteiger partial charge in [-0.25, -0.2) is 0 Å². The van der Waals surface area contributed by atoms with E-state index in [1.54, 1.807) is 0 Å². The maximum atomic E-state index is 6.53. The van der Waals surface area contributed by atoms with Gasteiger partial charge in [0.25, 0.3) is 0 Å². The zero-order valence-corrected chi connectivity index (χ0v) is 10.6. The van der Waals surface area contributed by atoms with E-state index in [9.17, 15) is 0 Å². The molecule has 0 aliphatic carbocycles. The Morgan fingerprint density at radius 3 is 2.31 bits per heavy atom. The molecule has 2 nitrogen and oxygen atoms in total. The first-order valence-electron chi connectivity index (χ1n) is 6.06. The summed E-state index contributed by atoms with van der Waals surface area (Å²) in [4.78, 5) is 2.35. The summed E-state index contributed by atoms with van der Waals surface area (Å²) in [6.07, 6.45) is 2.12. The first kappa shape index (κ1) is 11.6. The fourth-order valence-corrected chi connectivity index (χ4v) is 2.36. The summed E-state index contributed by atoms with van der Waals surface area (Å²) in [5, 5.41) is 0. The number of hydrogen-bond donors (Lipinski definition) is 1. The van der Waals surface area contributed by atoms with Gasteiger partial charge in [0.1, 0.15) is 0 Å². The second-order valence-corrected chi connectivity index (χ2v) is 5.26. The van der Waals surface area contributed by atoms with Crippen LogP contribution in [-0.2, 0) is 5.54 Å². The molecular formula is C14H22N2. The van der Waals surface area contributed by atoms with Gasteiger partial charge >= 0.3 is 0 Å². The molecule has 0 spiro atoms. The van der Waals surface area contributed by atoms with E-state index >= 15 is 0 Å². The molecule has 1 aliphatic heterocycles. The molecule has 0 bridgehead atoms. The molecule has 0 unspecified atom stereocenters. The number of nitrogens with zero attached hydrogens (tertiary/aromatic N) is 1. The molecular weight excluding hydrogens is 196 g/mol. The SMILES string of the molecule is Cc1ccc(C2(N)CCN(C)CC2)cc1C. The van der Waals surface area contributed by atoms with Gasteiger partial charge in [-0.15, -0.1) is 0 Å². The Balaban J connectivity index is 2.25. The maximum absolute atomic E-state index is 6.53. The van der Waals surface area contributed by atoms with Crippen LogP contribution in [0.1, 0.15) is 29.5 Å². The molecule has 0 aromatic heterocycles. The van der Waals surface area contributed by atoms with Gasteiger partial charge in [-0.05, 0) is 63.5 Å². The van der Waals surface area contributed by atoms with E-state index in [1.807, 2.05) is 0 Å². The Kier molecular flexibility index (Phi) is 3.04. The van der Waals surface area contributed by atoms with Crippen molar-refractivity contribution in [3.8, 4) is 0 Å². The Morgan fingerprint density at radius 2 is 1.75 bits per heavy atom. The second-order valence-electron chi connectivity index (χ2n) is 5.26. The number of piperidine rings is 1. The molecule has 2 rings (SSSR count). The summed E-state index contributed by atoms with van der Waals surface area (Å²) < 4.78 is 0. The van der Waals surface area contributed by atoms with Crippen LogP contribution in [-0.4, -0.2) is 25.0 Å².